The third-order valence-electron chi connectivity index (χ3n) is 3.86. The summed E-state index contributed by atoms with van der Waals surface area (Å²) in [6.07, 6.45) is 2.22. The number of hydrogen-bond acceptors (Lipinski definition) is 2. The van der Waals surface area contributed by atoms with Crippen LogP contribution < -0.4 is 5.32 Å². The maximum Gasteiger partial charge on any atom is 0.123 e. The van der Waals surface area contributed by atoms with Crippen molar-refractivity contribution in [3.63, 3.8) is 0 Å². The van der Waals surface area contributed by atoms with Crippen molar-refractivity contribution in [2.75, 3.05) is 13.1 Å². The zero-order valence-electron chi connectivity index (χ0n) is 12.2. The van der Waals surface area contributed by atoms with Crippen LogP contribution in [0.15, 0.2) is 24.3 Å². The Balaban J connectivity index is 1.84. The Hall–Kier alpha value is -0.930. The topological polar surface area (TPSA) is 15.3 Å². The first-order valence-electron chi connectivity index (χ1n) is 7.29. The van der Waals surface area contributed by atoms with E-state index >= 15 is 0 Å². The number of rotatable bonds is 5. The molecule has 2 nitrogen and oxygen atoms in total. The van der Waals surface area contributed by atoms with Crippen LogP contribution in [0.2, 0.25) is 0 Å². The number of likely N-dealkylation sites (tertiary alicyclic amines) is 1. The highest BCUT2D eigenvalue weighted by Gasteiger charge is 2.26. The van der Waals surface area contributed by atoms with Gasteiger partial charge in [-0.1, -0.05) is 26.0 Å². The highest BCUT2D eigenvalue weighted by molar-refractivity contribution is 5.17. The number of halogens is 1. The molecule has 1 aliphatic heterocycles. The molecule has 0 bridgehead atoms. The Labute approximate surface area is 116 Å². The lowest BCUT2D eigenvalue weighted by molar-refractivity contribution is 0.249. The van der Waals surface area contributed by atoms with Crippen LogP contribution >= 0.6 is 0 Å². The molecule has 2 rings (SSSR count). The van der Waals surface area contributed by atoms with Gasteiger partial charge in [-0.2, -0.15) is 0 Å². The van der Waals surface area contributed by atoms with Crippen LogP contribution in [-0.2, 0) is 6.42 Å². The first kappa shape index (κ1) is 14.5. The lowest BCUT2D eigenvalue weighted by Gasteiger charge is -2.25. The molecule has 3 heteroatoms. The van der Waals surface area contributed by atoms with E-state index in [4.69, 9.17) is 0 Å². The first-order chi connectivity index (χ1) is 9.04. The minimum absolute atomic E-state index is 0.154. The largest absolute Gasteiger partial charge is 0.310 e. The molecule has 0 radical (unpaired) electrons. The summed E-state index contributed by atoms with van der Waals surface area (Å²) in [4.78, 5) is 2.53. The van der Waals surface area contributed by atoms with Crippen molar-refractivity contribution < 1.29 is 4.39 Å². The molecule has 0 spiro atoms. The predicted octanol–water partition coefficient (Wildman–Crippen LogP) is 2.83. The number of hydrogen-bond donors (Lipinski definition) is 1. The predicted molar refractivity (Wildman–Crippen MR) is 77.8 cm³/mol. The molecule has 0 saturated carbocycles. The van der Waals surface area contributed by atoms with E-state index in [1.165, 1.54) is 12.0 Å². The van der Waals surface area contributed by atoms with E-state index in [1.807, 2.05) is 12.1 Å². The van der Waals surface area contributed by atoms with E-state index in [2.05, 4.69) is 31.0 Å². The third-order valence-corrected chi connectivity index (χ3v) is 3.86. The second kappa shape index (κ2) is 6.49. The second-order valence-corrected chi connectivity index (χ2v) is 5.98. The van der Waals surface area contributed by atoms with Crippen LogP contribution in [0.5, 0.6) is 0 Å². The van der Waals surface area contributed by atoms with Gasteiger partial charge in [0.2, 0.25) is 0 Å². The Kier molecular flexibility index (Phi) is 4.94. The molecule has 2 unspecified atom stereocenters. The molecule has 1 N–H and O–H groups in total. The van der Waals surface area contributed by atoms with Gasteiger partial charge in [-0.05, 0) is 37.5 Å². The molecular formula is C16H25FN2. The molecule has 19 heavy (non-hydrogen) atoms. The monoisotopic (exact) mass is 264 g/mol. The molecular weight excluding hydrogens is 239 g/mol. The number of nitrogens with one attached hydrogen (secondary N) is 1. The van der Waals surface area contributed by atoms with Crippen LogP contribution in [0.25, 0.3) is 0 Å². The minimum Gasteiger partial charge on any atom is -0.310 e. The quantitative estimate of drug-likeness (QED) is 0.880. The average Bonchev–Trinajstić information content (AvgIpc) is 2.80. The maximum absolute atomic E-state index is 12.9. The molecule has 1 saturated heterocycles. The van der Waals surface area contributed by atoms with Crippen molar-refractivity contribution in [3.05, 3.63) is 35.6 Å². The van der Waals surface area contributed by atoms with E-state index in [0.29, 0.717) is 18.1 Å². The SMILES string of the molecule is CC(C)NC1CCN(C(C)Cc2ccc(F)cc2)C1. The van der Waals surface area contributed by atoms with Crippen LogP contribution in [-0.4, -0.2) is 36.1 Å². The van der Waals surface area contributed by atoms with Crippen LogP contribution in [0.1, 0.15) is 32.8 Å². The summed E-state index contributed by atoms with van der Waals surface area (Å²) in [5.74, 6) is -0.154. The molecule has 106 valence electrons. The first-order valence-corrected chi connectivity index (χ1v) is 7.29. The molecule has 2 atom stereocenters. The maximum atomic E-state index is 12.9. The van der Waals surface area contributed by atoms with Gasteiger partial charge in [0.15, 0.2) is 0 Å². The summed E-state index contributed by atoms with van der Waals surface area (Å²) in [6.45, 7) is 8.95. The highest BCUT2D eigenvalue weighted by atomic mass is 19.1. The molecule has 1 aliphatic rings. The minimum atomic E-state index is -0.154. The zero-order valence-corrected chi connectivity index (χ0v) is 12.2. The van der Waals surface area contributed by atoms with Gasteiger partial charge in [-0.15, -0.1) is 0 Å². The molecule has 1 fully saturated rings. The van der Waals surface area contributed by atoms with Gasteiger partial charge < -0.3 is 5.32 Å². The smallest absolute Gasteiger partial charge is 0.123 e. The lowest BCUT2D eigenvalue weighted by Crippen LogP contribution is -2.39. The summed E-state index contributed by atoms with van der Waals surface area (Å²) < 4.78 is 12.9. The Morgan fingerprint density at radius 3 is 2.58 bits per heavy atom. The summed E-state index contributed by atoms with van der Waals surface area (Å²) in [5, 5.41) is 3.61. The standard InChI is InChI=1S/C16H25FN2/c1-12(2)18-16-8-9-19(11-16)13(3)10-14-4-6-15(17)7-5-14/h4-7,12-13,16,18H,8-11H2,1-3H3. The summed E-state index contributed by atoms with van der Waals surface area (Å²) in [6, 6.07) is 8.58. The fourth-order valence-corrected chi connectivity index (χ4v) is 2.89. The van der Waals surface area contributed by atoms with Gasteiger partial charge in [0.25, 0.3) is 0 Å². The fourth-order valence-electron chi connectivity index (χ4n) is 2.89. The van der Waals surface area contributed by atoms with Crippen LogP contribution in [0.3, 0.4) is 0 Å². The summed E-state index contributed by atoms with van der Waals surface area (Å²) >= 11 is 0. The van der Waals surface area contributed by atoms with Gasteiger partial charge in [-0.3, -0.25) is 4.90 Å². The molecule has 0 amide bonds. The Bertz CT molecular complexity index is 388. The average molecular weight is 264 g/mol. The van der Waals surface area contributed by atoms with Crippen molar-refractivity contribution >= 4 is 0 Å². The zero-order chi connectivity index (χ0) is 13.8. The number of benzene rings is 1. The Morgan fingerprint density at radius 1 is 1.26 bits per heavy atom. The molecule has 1 aromatic carbocycles. The van der Waals surface area contributed by atoms with Crippen LogP contribution in [0, 0.1) is 5.82 Å². The number of nitrogens with zero attached hydrogens (tertiary/aromatic N) is 1. The van der Waals surface area contributed by atoms with E-state index in [0.717, 1.165) is 19.5 Å². The molecule has 0 aliphatic carbocycles. The van der Waals surface area contributed by atoms with E-state index in [1.54, 1.807) is 12.1 Å². The van der Waals surface area contributed by atoms with Crippen molar-refractivity contribution in [1.82, 2.24) is 10.2 Å². The third kappa shape index (κ3) is 4.29. The van der Waals surface area contributed by atoms with Crippen molar-refractivity contribution in [3.8, 4) is 0 Å². The molecule has 0 aromatic heterocycles. The van der Waals surface area contributed by atoms with E-state index < -0.39 is 0 Å². The van der Waals surface area contributed by atoms with Gasteiger partial charge in [0.1, 0.15) is 5.82 Å². The fraction of sp³-hybridized carbons (Fsp3) is 0.625. The van der Waals surface area contributed by atoms with Gasteiger partial charge >= 0.3 is 0 Å². The Morgan fingerprint density at radius 2 is 1.95 bits per heavy atom. The van der Waals surface area contributed by atoms with Crippen molar-refractivity contribution in [2.24, 2.45) is 0 Å². The van der Waals surface area contributed by atoms with Gasteiger partial charge in [0, 0.05) is 31.2 Å². The van der Waals surface area contributed by atoms with Crippen molar-refractivity contribution in [2.45, 2.75) is 51.7 Å². The van der Waals surface area contributed by atoms with Crippen molar-refractivity contribution in [1.29, 1.82) is 0 Å². The highest BCUT2D eigenvalue weighted by Crippen LogP contribution is 2.16. The van der Waals surface area contributed by atoms with E-state index in [9.17, 15) is 4.39 Å². The lowest BCUT2D eigenvalue weighted by atomic mass is 10.1. The normalized spacial score (nSPS) is 22.1. The molecule has 1 heterocycles. The van der Waals surface area contributed by atoms with Gasteiger partial charge in [0.05, 0.1) is 0 Å². The summed E-state index contributed by atoms with van der Waals surface area (Å²) in [5.41, 5.74) is 1.22. The van der Waals surface area contributed by atoms with Gasteiger partial charge in [-0.25, -0.2) is 4.39 Å². The molecule has 1 aromatic rings. The summed E-state index contributed by atoms with van der Waals surface area (Å²) in [7, 11) is 0. The van der Waals surface area contributed by atoms with Crippen LogP contribution in [0.4, 0.5) is 4.39 Å². The second-order valence-electron chi connectivity index (χ2n) is 5.98. The van der Waals surface area contributed by atoms with E-state index in [-0.39, 0.29) is 5.82 Å².